The first-order valence-corrected chi connectivity index (χ1v) is 6.48. The smallest absolute Gasteiger partial charge is 0.150 e. The molecule has 3 heteroatoms. The molecule has 2 rings (SSSR count). The van der Waals surface area contributed by atoms with Crippen molar-refractivity contribution in [3.05, 3.63) is 54.1 Å². The van der Waals surface area contributed by atoms with Crippen molar-refractivity contribution in [2.24, 2.45) is 0 Å². The molecule has 104 valence electrons. The summed E-state index contributed by atoms with van der Waals surface area (Å²) in [5.74, 6) is 2.14. The summed E-state index contributed by atoms with van der Waals surface area (Å²) in [5, 5.41) is 0. The van der Waals surface area contributed by atoms with E-state index in [0.29, 0.717) is 17.1 Å². The van der Waals surface area contributed by atoms with Gasteiger partial charge in [-0.2, -0.15) is 0 Å². The summed E-state index contributed by atoms with van der Waals surface area (Å²) in [6.07, 6.45) is 0.799. The van der Waals surface area contributed by atoms with Gasteiger partial charge in [-0.05, 0) is 57.2 Å². The summed E-state index contributed by atoms with van der Waals surface area (Å²) in [7, 11) is 0. The van der Waals surface area contributed by atoms with Crippen LogP contribution in [0.1, 0.15) is 31.1 Å². The Balaban J connectivity index is 2.08. The van der Waals surface area contributed by atoms with Crippen LogP contribution >= 0.6 is 0 Å². The van der Waals surface area contributed by atoms with Crippen LogP contribution in [0.25, 0.3) is 0 Å². The van der Waals surface area contributed by atoms with E-state index in [4.69, 9.17) is 9.47 Å². The molecular weight excluding hydrogens is 252 g/mol. The van der Waals surface area contributed by atoms with E-state index in [9.17, 15) is 4.79 Å². The maximum absolute atomic E-state index is 10.7. The highest BCUT2D eigenvalue weighted by Crippen LogP contribution is 2.25. The van der Waals surface area contributed by atoms with Gasteiger partial charge in [0.1, 0.15) is 29.1 Å². The molecule has 0 heterocycles. The molecule has 2 aromatic rings. The molecule has 0 bridgehead atoms. The van der Waals surface area contributed by atoms with Gasteiger partial charge in [0.2, 0.25) is 0 Å². The van der Waals surface area contributed by atoms with E-state index in [1.54, 1.807) is 18.2 Å². The number of carbonyl (C=O) groups excluding carboxylic acids is 1. The van der Waals surface area contributed by atoms with Gasteiger partial charge in [0, 0.05) is 5.56 Å². The zero-order valence-corrected chi connectivity index (χ0v) is 11.9. The van der Waals surface area contributed by atoms with Crippen molar-refractivity contribution in [1.29, 1.82) is 0 Å². The van der Waals surface area contributed by atoms with Gasteiger partial charge < -0.3 is 9.47 Å². The summed E-state index contributed by atoms with van der Waals surface area (Å²) >= 11 is 0. The molecule has 0 aliphatic heterocycles. The molecule has 0 unspecified atom stereocenters. The van der Waals surface area contributed by atoms with Gasteiger partial charge in [-0.15, -0.1) is 0 Å². The molecule has 0 atom stereocenters. The number of benzene rings is 2. The number of aldehydes is 1. The Hall–Kier alpha value is -2.29. The van der Waals surface area contributed by atoms with Gasteiger partial charge >= 0.3 is 0 Å². The van der Waals surface area contributed by atoms with Crippen LogP contribution in [0.5, 0.6) is 17.2 Å². The summed E-state index contributed by atoms with van der Waals surface area (Å²) in [4.78, 5) is 10.7. The van der Waals surface area contributed by atoms with Crippen molar-refractivity contribution in [1.82, 2.24) is 0 Å². The second-order valence-corrected chi connectivity index (χ2v) is 5.48. The molecule has 0 aromatic heterocycles. The number of carbonyl (C=O) groups is 1. The Morgan fingerprint density at radius 3 is 2.15 bits per heavy atom. The Kier molecular flexibility index (Phi) is 4.08. The van der Waals surface area contributed by atoms with Crippen molar-refractivity contribution < 1.29 is 14.3 Å². The predicted molar refractivity (Wildman–Crippen MR) is 78.7 cm³/mol. The largest absolute Gasteiger partial charge is 0.488 e. The van der Waals surface area contributed by atoms with Crippen LogP contribution in [0, 0.1) is 0 Å². The van der Waals surface area contributed by atoms with Crippen LogP contribution < -0.4 is 9.47 Å². The van der Waals surface area contributed by atoms with Crippen LogP contribution in [0.2, 0.25) is 0 Å². The number of ether oxygens (including phenoxy) is 2. The predicted octanol–water partition coefficient (Wildman–Crippen LogP) is 4.47. The normalized spacial score (nSPS) is 10.9. The zero-order valence-electron chi connectivity index (χ0n) is 11.9. The van der Waals surface area contributed by atoms with E-state index in [1.165, 1.54) is 0 Å². The van der Waals surface area contributed by atoms with Crippen molar-refractivity contribution in [3.8, 4) is 17.2 Å². The molecule has 0 saturated carbocycles. The van der Waals surface area contributed by atoms with Crippen LogP contribution in [0.4, 0.5) is 0 Å². The Morgan fingerprint density at radius 1 is 0.900 bits per heavy atom. The summed E-state index contributed by atoms with van der Waals surface area (Å²) in [6, 6.07) is 14.5. The SMILES string of the molecule is CC(C)(C)Oc1ccc(Oc2cccc(C=O)c2)cc1. The average molecular weight is 270 g/mol. The minimum absolute atomic E-state index is 0.222. The molecule has 0 aliphatic carbocycles. The highest BCUT2D eigenvalue weighted by Gasteiger charge is 2.11. The fourth-order valence-corrected chi connectivity index (χ4v) is 1.72. The van der Waals surface area contributed by atoms with E-state index in [2.05, 4.69) is 0 Å². The molecule has 0 N–H and O–H groups in total. The monoisotopic (exact) mass is 270 g/mol. The van der Waals surface area contributed by atoms with Crippen molar-refractivity contribution in [2.75, 3.05) is 0 Å². The minimum Gasteiger partial charge on any atom is -0.488 e. The molecule has 0 radical (unpaired) electrons. The zero-order chi connectivity index (χ0) is 14.6. The topological polar surface area (TPSA) is 35.5 Å². The Morgan fingerprint density at radius 2 is 1.55 bits per heavy atom. The lowest BCUT2D eigenvalue weighted by atomic mass is 10.2. The molecule has 0 aliphatic rings. The second-order valence-electron chi connectivity index (χ2n) is 5.48. The maximum Gasteiger partial charge on any atom is 0.150 e. The molecule has 0 amide bonds. The van der Waals surface area contributed by atoms with E-state index >= 15 is 0 Å². The van der Waals surface area contributed by atoms with Crippen LogP contribution in [-0.4, -0.2) is 11.9 Å². The van der Waals surface area contributed by atoms with Crippen LogP contribution in [0.3, 0.4) is 0 Å². The quantitative estimate of drug-likeness (QED) is 0.769. The van der Waals surface area contributed by atoms with Gasteiger partial charge in [-0.3, -0.25) is 4.79 Å². The summed E-state index contributed by atoms with van der Waals surface area (Å²) in [6.45, 7) is 6.01. The molecule has 0 spiro atoms. The third-order valence-electron chi connectivity index (χ3n) is 2.48. The molecule has 20 heavy (non-hydrogen) atoms. The first kappa shape index (κ1) is 14.1. The fourth-order valence-electron chi connectivity index (χ4n) is 1.72. The third-order valence-corrected chi connectivity index (χ3v) is 2.48. The summed E-state index contributed by atoms with van der Waals surface area (Å²) in [5.41, 5.74) is 0.371. The highest BCUT2D eigenvalue weighted by atomic mass is 16.5. The van der Waals surface area contributed by atoms with Gasteiger partial charge in [-0.25, -0.2) is 0 Å². The van der Waals surface area contributed by atoms with Gasteiger partial charge in [0.25, 0.3) is 0 Å². The first-order chi connectivity index (χ1) is 9.46. The second kappa shape index (κ2) is 5.78. The van der Waals surface area contributed by atoms with E-state index in [0.717, 1.165) is 12.0 Å². The average Bonchev–Trinajstić information content (AvgIpc) is 2.40. The summed E-state index contributed by atoms with van der Waals surface area (Å²) < 4.78 is 11.4. The van der Waals surface area contributed by atoms with Gasteiger partial charge in [-0.1, -0.05) is 12.1 Å². The van der Waals surface area contributed by atoms with E-state index < -0.39 is 0 Å². The third kappa shape index (κ3) is 4.12. The Labute approximate surface area is 119 Å². The van der Waals surface area contributed by atoms with Crippen molar-refractivity contribution in [2.45, 2.75) is 26.4 Å². The number of hydrogen-bond donors (Lipinski definition) is 0. The molecule has 2 aromatic carbocycles. The van der Waals surface area contributed by atoms with Crippen molar-refractivity contribution >= 4 is 6.29 Å². The lowest BCUT2D eigenvalue weighted by Crippen LogP contribution is -2.22. The Bertz CT molecular complexity index is 580. The van der Waals surface area contributed by atoms with Crippen LogP contribution in [0.15, 0.2) is 48.5 Å². The minimum atomic E-state index is -0.222. The lowest BCUT2D eigenvalue weighted by Gasteiger charge is -2.21. The van der Waals surface area contributed by atoms with Crippen molar-refractivity contribution in [3.63, 3.8) is 0 Å². The first-order valence-electron chi connectivity index (χ1n) is 6.48. The molecule has 3 nitrogen and oxygen atoms in total. The standard InChI is InChI=1S/C17H18O3/c1-17(2,3)20-15-9-7-14(8-10-15)19-16-6-4-5-13(11-16)12-18/h4-12H,1-3H3. The molecule has 0 saturated heterocycles. The number of hydrogen-bond acceptors (Lipinski definition) is 3. The lowest BCUT2D eigenvalue weighted by molar-refractivity contribution is 0.112. The van der Waals surface area contributed by atoms with E-state index in [-0.39, 0.29) is 5.60 Å². The van der Waals surface area contributed by atoms with Gasteiger partial charge in [0.05, 0.1) is 0 Å². The fraction of sp³-hybridized carbons (Fsp3) is 0.235. The number of rotatable bonds is 4. The van der Waals surface area contributed by atoms with Crippen LogP contribution in [-0.2, 0) is 0 Å². The molecular formula is C17H18O3. The molecule has 0 fully saturated rings. The highest BCUT2D eigenvalue weighted by molar-refractivity contribution is 5.75. The van der Waals surface area contributed by atoms with Gasteiger partial charge in [0.15, 0.2) is 0 Å². The maximum atomic E-state index is 10.7. The van der Waals surface area contributed by atoms with E-state index in [1.807, 2.05) is 51.1 Å².